The van der Waals surface area contributed by atoms with E-state index >= 15 is 0 Å². The van der Waals surface area contributed by atoms with E-state index in [2.05, 4.69) is 32.2 Å². The van der Waals surface area contributed by atoms with Crippen LogP contribution in [0.15, 0.2) is 82.8 Å². The maximum atomic E-state index is 13.9. The van der Waals surface area contributed by atoms with Crippen LogP contribution in [0.3, 0.4) is 0 Å². The first kappa shape index (κ1) is 30.8. The van der Waals surface area contributed by atoms with Gasteiger partial charge in [-0.3, -0.25) is 19.5 Å². The summed E-state index contributed by atoms with van der Waals surface area (Å²) >= 11 is 3.16. The summed E-state index contributed by atoms with van der Waals surface area (Å²) in [4.78, 5) is 30.9. The van der Waals surface area contributed by atoms with Gasteiger partial charge in [-0.25, -0.2) is 4.39 Å². The molecule has 0 fully saturated rings. The van der Waals surface area contributed by atoms with Gasteiger partial charge in [0.25, 0.3) is 11.8 Å². The predicted molar refractivity (Wildman–Crippen MR) is 154 cm³/mol. The normalized spacial score (nSPS) is 13.6. The van der Waals surface area contributed by atoms with Gasteiger partial charge >= 0.3 is 6.61 Å². The number of hydrogen-bond acceptors (Lipinski definition) is 4. The van der Waals surface area contributed by atoms with Crippen molar-refractivity contribution < 1.29 is 27.5 Å². The number of rotatable bonds is 9. The maximum absolute atomic E-state index is 13.9. The van der Waals surface area contributed by atoms with E-state index in [-0.39, 0.29) is 30.0 Å². The molecule has 0 radical (unpaired) electrons. The molecule has 2 amide bonds. The molecule has 3 aromatic rings. The van der Waals surface area contributed by atoms with Gasteiger partial charge < -0.3 is 4.74 Å². The molecule has 0 bridgehead atoms. The number of carbonyl (C=O) groups excluding carboxylic acids is 2. The zero-order valence-corrected chi connectivity index (χ0v) is 24.1. The van der Waals surface area contributed by atoms with Gasteiger partial charge in [0.15, 0.2) is 0 Å². The van der Waals surface area contributed by atoms with Gasteiger partial charge in [0, 0.05) is 23.3 Å². The van der Waals surface area contributed by atoms with Gasteiger partial charge in [0.1, 0.15) is 11.6 Å². The van der Waals surface area contributed by atoms with Crippen LogP contribution in [0.1, 0.15) is 64.4 Å². The lowest BCUT2D eigenvalue weighted by Crippen LogP contribution is -2.34. The summed E-state index contributed by atoms with van der Waals surface area (Å²) in [5.74, 6) is -0.799. The van der Waals surface area contributed by atoms with Gasteiger partial charge in [-0.2, -0.15) is 8.78 Å². The number of benzene rings is 3. The second-order valence-corrected chi connectivity index (χ2v) is 10.0. The minimum atomic E-state index is -2.78. The molecule has 1 aliphatic rings. The molecular weight excluding hydrogens is 585 g/mol. The van der Waals surface area contributed by atoms with Crippen molar-refractivity contribution in [2.45, 2.75) is 46.1 Å². The Morgan fingerprint density at radius 3 is 2.25 bits per heavy atom. The van der Waals surface area contributed by atoms with Crippen LogP contribution < -0.4 is 4.74 Å². The molecule has 0 saturated heterocycles. The Bertz CT molecular complexity index is 1390. The molecule has 0 aromatic heterocycles. The molecule has 1 aliphatic heterocycles. The number of nitrogens with zero attached hydrogens (tertiary/aromatic N) is 2. The summed E-state index contributed by atoms with van der Waals surface area (Å²) in [6.45, 7) is 6.65. The number of aryl methyl sites for hydroxylation is 1. The van der Waals surface area contributed by atoms with E-state index in [0.717, 1.165) is 17.5 Å². The van der Waals surface area contributed by atoms with Crippen molar-refractivity contribution in [1.82, 2.24) is 4.90 Å². The highest BCUT2D eigenvalue weighted by Crippen LogP contribution is 2.29. The van der Waals surface area contributed by atoms with Crippen molar-refractivity contribution in [2.75, 3.05) is 6.54 Å². The molecule has 0 N–H and O–H groups in total. The summed E-state index contributed by atoms with van der Waals surface area (Å²) in [5.41, 5.74) is 3.55. The van der Waals surface area contributed by atoms with Gasteiger partial charge in [0.2, 0.25) is 0 Å². The monoisotopic (exact) mass is 614 g/mol. The van der Waals surface area contributed by atoms with Crippen molar-refractivity contribution in [3.05, 3.63) is 106 Å². The van der Waals surface area contributed by atoms with E-state index in [1.807, 2.05) is 20.8 Å². The van der Waals surface area contributed by atoms with E-state index in [1.165, 1.54) is 17.0 Å². The fourth-order valence-corrected chi connectivity index (χ4v) is 4.60. The van der Waals surface area contributed by atoms with E-state index in [1.54, 1.807) is 54.6 Å². The molecular formula is C31H30BrF3N2O3. The summed E-state index contributed by atoms with van der Waals surface area (Å²) in [5, 5.41) is 0. The number of para-hydroxylation sites is 1. The standard InChI is InChI=1S/C20H18BrFN2O2.C11H12F2O/c1-3-6-13(23-18-10-17(22)16(21)9-12(18)2)11-24-19(25)14-7-4-5-8-15(14)20(24)26;1-3-8(2)9-6-4-5-7-10(9)14-11(12)13/h4-5,7-10H,3,6,11H2,1-2H3;3-8,11H,1H2,2H3. The number of fused-ring (bicyclic) bond motifs is 1. The highest BCUT2D eigenvalue weighted by molar-refractivity contribution is 9.10. The average molecular weight is 615 g/mol. The first-order valence-electron chi connectivity index (χ1n) is 12.7. The van der Waals surface area contributed by atoms with Crippen LogP contribution in [0.25, 0.3) is 0 Å². The second-order valence-electron chi connectivity index (χ2n) is 9.16. The zero-order valence-electron chi connectivity index (χ0n) is 22.5. The summed E-state index contributed by atoms with van der Waals surface area (Å²) in [6.07, 6.45) is 3.11. The van der Waals surface area contributed by atoms with Gasteiger partial charge in [-0.15, -0.1) is 6.58 Å². The van der Waals surface area contributed by atoms with Crippen molar-refractivity contribution in [1.29, 1.82) is 0 Å². The smallest absolute Gasteiger partial charge is 0.387 e. The first-order chi connectivity index (χ1) is 19.1. The van der Waals surface area contributed by atoms with Crippen LogP contribution in [-0.2, 0) is 0 Å². The number of carbonyl (C=O) groups is 2. The Balaban J connectivity index is 0.000000267. The lowest BCUT2D eigenvalue weighted by Gasteiger charge is -2.16. The predicted octanol–water partition coefficient (Wildman–Crippen LogP) is 8.64. The van der Waals surface area contributed by atoms with E-state index in [9.17, 15) is 22.8 Å². The molecule has 3 aromatic carbocycles. The number of allylic oxidation sites excluding steroid dienone is 1. The largest absolute Gasteiger partial charge is 0.435 e. The van der Waals surface area contributed by atoms with Crippen LogP contribution in [0.2, 0.25) is 0 Å². The molecule has 0 aliphatic carbocycles. The molecule has 0 spiro atoms. The fourth-order valence-electron chi connectivity index (χ4n) is 4.14. The summed E-state index contributed by atoms with van der Waals surface area (Å²) < 4.78 is 42.7. The molecule has 4 rings (SSSR count). The first-order valence-corrected chi connectivity index (χ1v) is 13.5. The Hall–Kier alpha value is -3.72. The highest BCUT2D eigenvalue weighted by atomic mass is 79.9. The van der Waals surface area contributed by atoms with E-state index < -0.39 is 12.4 Å². The lowest BCUT2D eigenvalue weighted by atomic mass is 10.0. The highest BCUT2D eigenvalue weighted by Gasteiger charge is 2.35. The quantitative estimate of drug-likeness (QED) is 0.138. The van der Waals surface area contributed by atoms with Gasteiger partial charge in [-0.1, -0.05) is 56.7 Å². The molecule has 1 atom stereocenters. The zero-order chi connectivity index (χ0) is 29.4. The van der Waals surface area contributed by atoms with Crippen LogP contribution in [0.5, 0.6) is 5.75 Å². The Labute approximate surface area is 240 Å². The lowest BCUT2D eigenvalue weighted by molar-refractivity contribution is -0.0505. The van der Waals surface area contributed by atoms with Crippen molar-refractivity contribution in [3.8, 4) is 5.75 Å². The Morgan fingerprint density at radius 1 is 1.07 bits per heavy atom. The van der Waals surface area contributed by atoms with E-state index in [4.69, 9.17) is 0 Å². The number of aliphatic imine (C=N–C) groups is 1. The number of amides is 2. The van der Waals surface area contributed by atoms with E-state index in [0.29, 0.717) is 33.4 Å². The number of ether oxygens (including phenoxy) is 1. The number of halogens is 4. The van der Waals surface area contributed by atoms with Crippen molar-refractivity contribution in [3.63, 3.8) is 0 Å². The molecule has 40 heavy (non-hydrogen) atoms. The van der Waals surface area contributed by atoms with Gasteiger partial charge in [0.05, 0.1) is 27.8 Å². The Kier molecular flexibility index (Phi) is 10.8. The summed E-state index contributed by atoms with van der Waals surface area (Å²) in [6, 6.07) is 16.5. The summed E-state index contributed by atoms with van der Waals surface area (Å²) in [7, 11) is 0. The molecule has 5 nitrogen and oxygen atoms in total. The van der Waals surface area contributed by atoms with Gasteiger partial charge in [-0.05, 0) is 59.1 Å². The van der Waals surface area contributed by atoms with Crippen LogP contribution in [-0.4, -0.2) is 35.6 Å². The van der Waals surface area contributed by atoms with Crippen molar-refractivity contribution >= 4 is 39.1 Å². The second kappa shape index (κ2) is 14.1. The van der Waals surface area contributed by atoms with Crippen LogP contribution in [0, 0.1) is 12.7 Å². The fraction of sp³-hybridized carbons (Fsp3) is 0.258. The third-order valence-electron chi connectivity index (χ3n) is 6.25. The SMILES string of the molecule is C=CC(C)c1ccccc1OC(F)F.CCCC(CN1C(=O)c2ccccc2C1=O)=Nc1cc(F)c(Br)cc1C. The number of hydrogen-bond donors (Lipinski definition) is 0. The van der Waals surface area contributed by atoms with Crippen molar-refractivity contribution in [2.24, 2.45) is 4.99 Å². The average Bonchev–Trinajstić information content (AvgIpc) is 3.16. The Morgan fingerprint density at radius 2 is 1.68 bits per heavy atom. The molecule has 210 valence electrons. The molecule has 1 heterocycles. The van der Waals surface area contributed by atoms with Crippen LogP contribution in [0.4, 0.5) is 18.9 Å². The third-order valence-corrected chi connectivity index (χ3v) is 6.86. The molecule has 0 saturated carbocycles. The third kappa shape index (κ3) is 7.47. The maximum Gasteiger partial charge on any atom is 0.387 e. The van der Waals surface area contributed by atoms with Crippen LogP contribution >= 0.6 is 15.9 Å². The minimum Gasteiger partial charge on any atom is -0.435 e. The molecule has 1 unspecified atom stereocenters. The number of imide groups is 1. The molecule has 9 heteroatoms. The number of alkyl halides is 2. The minimum absolute atomic E-state index is 0.00458. The topological polar surface area (TPSA) is 59.0 Å².